The van der Waals surface area contributed by atoms with Gasteiger partial charge in [-0.2, -0.15) is 0 Å². The lowest BCUT2D eigenvalue weighted by Crippen LogP contribution is -2.48. The molecule has 1 N–H and O–H groups in total. The Morgan fingerprint density at radius 1 is 1.50 bits per heavy atom. The summed E-state index contributed by atoms with van der Waals surface area (Å²) >= 11 is 1.83. The van der Waals surface area contributed by atoms with Crippen molar-refractivity contribution in [2.75, 3.05) is 13.1 Å². The lowest BCUT2D eigenvalue weighted by molar-refractivity contribution is 0.0888. The molecule has 3 heteroatoms. The van der Waals surface area contributed by atoms with Crippen molar-refractivity contribution in [3.05, 3.63) is 22.4 Å². The molecule has 0 spiro atoms. The van der Waals surface area contributed by atoms with Gasteiger partial charge in [0.15, 0.2) is 0 Å². The van der Waals surface area contributed by atoms with Gasteiger partial charge in [-0.3, -0.25) is 4.90 Å². The number of rotatable bonds is 5. The van der Waals surface area contributed by atoms with Crippen LogP contribution < -0.4 is 5.32 Å². The number of thiophene rings is 1. The van der Waals surface area contributed by atoms with E-state index in [4.69, 9.17) is 0 Å². The molecule has 0 bridgehead atoms. The first kappa shape index (κ1) is 14.0. The summed E-state index contributed by atoms with van der Waals surface area (Å²) in [5.74, 6) is 0.905. The van der Waals surface area contributed by atoms with E-state index in [1.165, 1.54) is 24.3 Å². The molecule has 0 radical (unpaired) electrons. The second kappa shape index (κ2) is 6.69. The summed E-state index contributed by atoms with van der Waals surface area (Å²) in [4.78, 5) is 4.10. The smallest absolute Gasteiger partial charge is 0.0300 e. The summed E-state index contributed by atoms with van der Waals surface area (Å²) < 4.78 is 0. The number of nitrogens with zero attached hydrogens (tertiary/aromatic N) is 1. The number of piperidine rings is 1. The van der Waals surface area contributed by atoms with Gasteiger partial charge < -0.3 is 5.32 Å². The molecule has 3 unspecified atom stereocenters. The zero-order chi connectivity index (χ0) is 13.0. The molecule has 0 aromatic carbocycles. The molecular formula is C15H26N2S. The number of hydrogen-bond donors (Lipinski definition) is 1. The normalized spacial score (nSPS) is 27.3. The predicted octanol–water partition coefficient (Wildman–Crippen LogP) is 3.35. The van der Waals surface area contributed by atoms with Crippen molar-refractivity contribution in [2.24, 2.45) is 5.92 Å². The first-order valence-corrected chi connectivity index (χ1v) is 8.03. The van der Waals surface area contributed by atoms with Crippen molar-refractivity contribution in [1.82, 2.24) is 10.2 Å². The van der Waals surface area contributed by atoms with E-state index in [1.807, 2.05) is 11.3 Å². The zero-order valence-corrected chi connectivity index (χ0v) is 12.7. The maximum Gasteiger partial charge on any atom is 0.0300 e. The Balaban J connectivity index is 1.72. The Hall–Kier alpha value is -0.380. The number of nitrogens with one attached hydrogen (secondary N) is 1. The molecule has 0 aliphatic carbocycles. The number of hydrogen-bond acceptors (Lipinski definition) is 3. The minimum Gasteiger partial charge on any atom is -0.310 e. The molecule has 0 saturated carbocycles. The molecule has 18 heavy (non-hydrogen) atoms. The summed E-state index contributed by atoms with van der Waals surface area (Å²) in [5.41, 5.74) is 0. The predicted molar refractivity (Wildman–Crippen MR) is 80.1 cm³/mol. The van der Waals surface area contributed by atoms with Crippen LogP contribution in [0.1, 0.15) is 38.5 Å². The van der Waals surface area contributed by atoms with Crippen LogP contribution in [0.5, 0.6) is 0 Å². The van der Waals surface area contributed by atoms with Gasteiger partial charge in [0.2, 0.25) is 0 Å². The highest BCUT2D eigenvalue weighted by molar-refractivity contribution is 7.09. The van der Waals surface area contributed by atoms with Gasteiger partial charge in [0.25, 0.3) is 0 Å². The molecule has 1 aliphatic rings. The van der Waals surface area contributed by atoms with E-state index in [1.54, 1.807) is 0 Å². The SMILES string of the molecule is CC1CCN(C(C)CNCc2cccs2)C(C)C1. The topological polar surface area (TPSA) is 15.3 Å². The lowest BCUT2D eigenvalue weighted by atomic mass is 9.92. The van der Waals surface area contributed by atoms with Gasteiger partial charge in [-0.1, -0.05) is 13.0 Å². The molecule has 1 fully saturated rings. The fourth-order valence-corrected chi connectivity index (χ4v) is 3.69. The Kier molecular flexibility index (Phi) is 5.22. The maximum atomic E-state index is 3.59. The maximum absolute atomic E-state index is 3.59. The summed E-state index contributed by atoms with van der Waals surface area (Å²) in [6, 6.07) is 5.71. The lowest BCUT2D eigenvalue weighted by Gasteiger charge is -2.40. The van der Waals surface area contributed by atoms with E-state index < -0.39 is 0 Å². The minimum atomic E-state index is 0.646. The standard InChI is InChI=1S/C15H26N2S/c1-12-6-7-17(13(2)9-12)14(3)10-16-11-15-5-4-8-18-15/h4-5,8,12-14,16H,6-7,9-11H2,1-3H3. The van der Waals surface area contributed by atoms with Crippen LogP contribution in [0, 0.1) is 5.92 Å². The molecule has 2 nitrogen and oxygen atoms in total. The van der Waals surface area contributed by atoms with Crippen LogP contribution >= 0.6 is 11.3 Å². The summed E-state index contributed by atoms with van der Waals surface area (Å²) in [5, 5.41) is 5.73. The van der Waals surface area contributed by atoms with Crippen LogP contribution in [0.15, 0.2) is 17.5 Å². The van der Waals surface area contributed by atoms with Crippen LogP contribution in [0.2, 0.25) is 0 Å². The van der Waals surface area contributed by atoms with Crippen molar-refractivity contribution >= 4 is 11.3 Å². The Bertz CT molecular complexity index is 336. The highest BCUT2D eigenvalue weighted by Crippen LogP contribution is 2.23. The van der Waals surface area contributed by atoms with Crippen molar-refractivity contribution in [2.45, 2.75) is 52.2 Å². The van der Waals surface area contributed by atoms with Crippen LogP contribution in [0.3, 0.4) is 0 Å². The first-order chi connectivity index (χ1) is 8.66. The van der Waals surface area contributed by atoms with E-state index in [9.17, 15) is 0 Å². The summed E-state index contributed by atoms with van der Waals surface area (Å²) in [6.07, 6.45) is 2.72. The van der Waals surface area contributed by atoms with Crippen LogP contribution in [-0.2, 0) is 6.54 Å². The largest absolute Gasteiger partial charge is 0.310 e. The van der Waals surface area contributed by atoms with E-state index in [2.05, 4.69) is 48.5 Å². The average Bonchev–Trinajstić information content (AvgIpc) is 2.81. The fraction of sp³-hybridized carbons (Fsp3) is 0.733. The third kappa shape index (κ3) is 3.81. The fourth-order valence-electron chi connectivity index (χ4n) is 3.01. The third-order valence-electron chi connectivity index (χ3n) is 4.07. The molecule has 102 valence electrons. The van der Waals surface area contributed by atoms with Gasteiger partial charge in [0.05, 0.1) is 0 Å². The molecular weight excluding hydrogens is 240 g/mol. The van der Waals surface area contributed by atoms with E-state index >= 15 is 0 Å². The highest BCUT2D eigenvalue weighted by Gasteiger charge is 2.26. The monoisotopic (exact) mass is 266 g/mol. The molecule has 1 aromatic heterocycles. The van der Waals surface area contributed by atoms with Gasteiger partial charge in [-0.25, -0.2) is 0 Å². The van der Waals surface area contributed by atoms with Crippen LogP contribution in [-0.4, -0.2) is 30.1 Å². The van der Waals surface area contributed by atoms with E-state index in [0.717, 1.165) is 25.0 Å². The third-order valence-corrected chi connectivity index (χ3v) is 4.95. The molecule has 1 aromatic rings. The quantitative estimate of drug-likeness (QED) is 0.879. The van der Waals surface area contributed by atoms with Crippen LogP contribution in [0.4, 0.5) is 0 Å². The van der Waals surface area contributed by atoms with Gasteiger partial charge in [-0.05, 0) is 50.6 Å². The van der Waals surface area contributed by atoms with Crippen molar-refractivity contribution in [3.8, 4) is 0 Å². The molecule has 1 saturated heterocycles. The second-order valence-electron chi connectivity index (χ2n) is 5.78. The average molecular weight is 266 g/mol. The van der Waals surface area contributed by atoms with Crippen LogP contribution in [0.25, 0.3) is 0 Å². The molecule has 0 amide bonds. The van der Waals surface area contributed by atoms with E-state index in [-0.39, 0.29) is 0 Å². The Morgan fingerprint density at radius 2 is 2.33 bits per heavy atom. The van der Waals surface area contributed by atoms with Crippen molar-refractivity contribution in [3.63, 3.8) is 0 Å². The zero-order valence-electron chi connectivity index (χ0n) is 11.9. The van der Waals surface area contributed by atoms with Gasteiger partial charge in [0.1, 0.15) is 0 Å². The van der Waals surface area contributed by atoms with E-state index in [0.29, 0.717) is 6.04 Å². The van der Waals surface area contributed by atoms with Gasteiger partial charge >= 0.3 is 0 Å². The van der Waals surface area contributed by atoms with Gasteiger partial charge in [-0.15, -0.1) is 11.3 Å². The molecule has 2 rings (SSSR count). The minimum absolute atomic E-state index is 0.646. The Labute approximate surface area is 115 Å². The first-order valence-electron chi connectivity index (χ1n) is 7.15. The molecule has 3 atom stereocenters. The highest BCUT2D eigenvalue weighted by atomic mass is 32.1. The van der Waals surface area contributed by atoms with Crippen molar-refractivity contribution < 1.29 is 0 Å². The van der Waals surface area contributed by atoms with Crippen molar-refractivity contribution in [1.29, 1.82) is 0 Å². The molecule has 2 heterocycles. The summed E-state index contributed by atoms with van der Waals surface area (Å²) in [6.45, 7) is 10.5. The second-order valence-corrected chi connectivity index (χ2v) is 6.81. The Morgan fingerprint density at radius 3 is 3.00 bits per heavy atom. The molecule has 1 aliphatic heterocycles. The number of likely N-dealkylation sites (tertiary alicyclic amines) is 1. The van der Waals surface area contributed by atoms with Gasteiger partial charge in [0, 0.05) is 30.1 Å². The summed E-state index contributed by atoms with van der Waals surface area (Å²) in [7, 11) is 0.